The quantitative estimate of drug-likeness (QED) is 0.747. The van der Waals surface area contributed by atoms with Crippen molar-refractivity contribution in [1.29, 1.82) is 0 Å². The Bertz CT molecular complexity index is 405. The Morgan fingerprint density at radius 1 is 1.15 bits per heavy atom. The minimum Gasteiger partial charge on any atom is -0.395 e. The van der Waals surface area contributed by atoms with Crippen LogP contribution in [0.25, 0.3) is 0 Å². The van der Waals surface area contributed by atoms with Crippen LogP contribution in [-0.2, 0) is 9.53 Å². The van der Waals surface area contributed by atoms with E-state index in [9.17, 15) is 9.90 Å². The molecule has 4 nitrogen and oxygen atoms in total. The minimum absolute atomic E-state index is 0.0132. The number of nitrogens with zero attached hydrogens (tertiary/aromatic N) is 1. The van der Waals surface area contributed by atoms with Gasteiger partial charge >= 0.3 is 0 Å². The summed E-state index contributed by atoms with van der Waals surface area (Å²) in [5, 5.41) is 9.58. The standard InChI is InChI=1S/C16H25NO3/c18-10-12-14-11-6-2-3-7-13(11)20-16(17(14)15(12)19)8-4-1-5-9-16/h11-14,18H,1-10H2/t11-,12+,13+,14+/m1/s1. The number of β-lactam (4-membered cyclic amide) rings is 1. The molecule has 1 amide bonds. The Kier molecular flexibility index (Phi) is 3.08. The number of carbonyl (C=O) groups is 1. The Morgan fingerprint density at radius 2 is 1.90 bits per heavy atom. The fraction of sp³-hybridized carbons (Fsp3) is 0.938. The van der Waals surface area contributed by atoms with Crippen molar-refractivity contribution in [3.05, 3.63) is 0 Å². The monoisotopic (exact) mass is 279 g/mol. The average molecular weight is 279 g/mol. The third-order valence-electron chi connectivity index (χ3n) is 6.10. The van der Waals surface area contributed by atoms with Gasteiger partial charge in [-0.15, -0.1) is 0 Å². The van der Waals surface area contributed by atoms with Gasteiger partial charge in [0.15, 0.2) is 0 Å². The Labute approximate surface area is 120 Å². The SMILES string of the molecule is O=C1[C@@H](CO)[C@@H]2[C@@H]3CCCC[C@@H]3OC3(CCCCC3)N12. The molecule has 0 unspecified atom stereocenters. The van der Waals surface area contributed by atoms with Gasteiger partial charge in [-0.3, -0.25) is 4.79 Å². The van der Waals surface area contributed by atoms with Gasteiger partial charge in [0.25, 0.3) is 0 Å². The molecule has 20 heavy (non-hydrogen) atoms. The van der Waals surface area contributed by atoms with Gasteiger partial charge in [-0.1, -0.05) is 19.3 Å². The molecule has 2 aliphatic heterocycles. The van der Waals surface area contributed by atoms with E-state index < -0.39 is 0 Å². The Balaban J connectivity index is 1.67. The van der Waals surface area contributed by atoms with E-state index >= 15 is 0 Å². The largest absolute Gasteiger partial charge is 0.395 e. The second-order valence-corrected chi connectivity index (χ2v) is 7.10. The van der Waals surface area contributed by atoms with Crippen molar-refractivity contribution < 1.29 is 14.6 Å². The summed E-state index contributed by atoms with van der Waals surface area (Å²) >= 11 is 0. The van der Waals surface area contributed by atoms with Crippen LogP contribution >= 0.6 is 0 Å². The highest BCUT2D eigenvalue weighted by Crippen LogP contribution is 2.53. The number of ether oxygens (including phenoxy) is 1. The van der Waals surface area contributed by atoms with Crippen molar-refractivity contribution in [2.24, 2.45) is 11.8 Å². The molecule has 2 heterocycles. The lowest BCUT2D eigenvalue weighted by Gasteiger charge is -2.65. The zero-order valence-electron chi connectivity index (χ0n) is 12.1. The third kappa shape index (κ3) is 1.64. The lowest BCUT2D eigenvalue weighted by molar-refractivity contribution is -0.303. The second kappa shape index (κ2) is 4.70. The summed E-state index contributed by atoms with van der Waals surface area (Å²) in [5.41, 5.74) is -0.315. The average Bonchev–Trinajstić information content (AvgIpc) is 2.47. The highest BCUT2D eigenvalue weighted by Gasteiger charge is 2.64. The maximum absolute atomic E-state index is 12.5. The zero-order chi connectivity index (χ0) is 13.7. The van der Waals surface area contributed by atoms with Gasteiger partial charge in [0.2, 0.25) is 5.91 Å². The fourth-order valence-corrected chi connectivity index (χ4v) is 5.18. The first-order valence-corrected chi connectivity index (χ1v) is 8.39. The van der Waals surface area contributed by atoms with Crippen LogP contribution in [0.2, 0.25) is 0 Å². The van der Waals surface area contributed by atoms with Crippen LogP contribution in [-0.4, -0.2) is 40.4 Å². The normalized spacial score (nSPS) is 42.9. The number of aliphatic hydroxyl groups is 1. The van der Waals surface area contributed by atoms with Gasteiger partial charge < -0.3 is 14.7 Å². The molecule has 4 atom stereocenters. The first-order valence-electron chi connectivity index (χ1n) is 8.39. The molecule has 4 fully saturated rings. The molecule has 112 valence electrons. The molecule has 2 saturated carbocycles. The van der Waals surface area contributed by atoms with Crippen molar-refractivity contribution in [1.82, 2.24) is 4.90 Å². The van der Waals surface area contributed by atoms with Crippen LogP contribution in [0.1, 0.15) is 57.8 Å². The zero-order valence-corrected chi connectivity index (χ0v) is 12.1. The number of rotatable bonds is 1. The number of aliphatic hydroxyl groups excluding tert-OH is 1. The van der Waals surface area contributed by atoms with Crippen molar-refractivity contribution in [3.8, 4) is 0 Å². The molecule has 4 heteroatoms. The maximum atomic E-state index is 12.5. The summed E-state index contributed by atoms with van der Waals surface area (Å²) in [7, 11) is 0. The van der Waals surface area contributed by atoms with Crippen LogP contribution in [0.4, 0.5) is 0 Å². The molecule has 0 aromatic rings. The molecular weight excluding hydrogens is 254 g/mol. The summed E-state index contributed by atoms with van der Waals surface area (Å²) < 4.78 is 6.54. The van der Waals surface area contributed by atoms with Crippen LogP contribution in [0.15, 0.2) is 0 Å². The molecule has 0 aromatic carbocycles. The predicted octanol–water partition coefficient (Wildman–Crippen LogP) is 2.06. The van der Waals surface area contributed by atoms with E-state index in [0.717, 1.165) is 38.5 Å². The van der Waals surface area contributed by atoms with Gasteiger partial charge in [-0.25, -0.2) is 0 Å². The van der Waals surface area contributed by atoms with E-state index in [0.29, 0.717) is 12.0 Å². The van der Waals surface area contributed by atoms with Gasteiger partial charge in [0, 0.05) is 5.92 Å². The smallest absolute Gasteiger partial charge is 0.232 e. The number of carbonyl (C=O) groups excluding carboxylic acids is 1. The lowest BCUT2D eigenvalue weighted by atomic mass is 9.67. The molecule has 1 N–H and O–H groups in total. The fourth-order valence-electron chi connectivity index (χ4n) is 5.18. The van der Waals surface area contributed by atoms with Gasteiger partial charge in [-0.2, -0.15) is 0 Å². The van der Waals surface area contributed by atoms with E-state index in [-0.39, 0.29) is 30.2 Å². The Hall–Kier alpha value is -0.610. The summed E-state index contributed by atoms with van der Waals surface area (Å²) in [5.74, 6) is 0.456. The van der Waals surface area contributed by atoms with Crippen molar-refractivity contribution in [2.75, 3.05) is 6.61 Å². The third-order valence-corrected chi connectivity index (χ3v) is 6.10. The maximum Gasteiger partial charge on any atom is 0.232 e. The van der Waals surface area contributed by atoms with E-state index in [1.165, 1.54) is 19.3 Å². The van der Waals surface area contributed by atoms with Crippen molar-refractivity contribution in [2.45, 2.75) is 75.7 Å². The topological polar surface area (TPSA) is 49.8 Å². The van der Waals surface area contributed by atoms with Crippen LogP contribution in [0.5, 0.6) is 0 Å². The van der Waals surface area contributed by atoms with E-state index in [2.05, 4.69) is 4.90 Å². The van der Waals surface area contributed by atoms with Gasteiger partial charge in [0.05, 0.1) is 24.7 Å². The molecule has 0 aromatic heterocycles. The first-order chi connectivity index (χ1) is 9.77. The number of hydrogen-bond acceptors (Lipinski definition) is 3. The number of hydrogen-bond donors (Lipinski definition) is 1. The summed E-state index contributed by atoms with van der Waals surface area (Å²) in [6.07, 6.45) is 10.7. The van der Waals surface area contributed by atoms with Gasteiger partial charge in [0.1, 0.15) is 5.72 Å². The Morgan fingerprint density at radius 3 is 2.65 bits per heavy atom. The molecule has 1 spiro atoms. The molecule has 0 radical (unpaired) electrons. The minimum atomic E-state index is -0.315. The molecule has 4 rings (SSSR count). The van der Waals surface area contributed by atoms with Crippen LogP contribution < -0.4 is 0 Å². The number of fused-ring (bicyclic) bond motifs is 4. The van der Waals surface area contributed by atoms with Crippen molar-refractivity contribution >= 4 is 5.91 Å². The summed E-state index contributed by atoms with van der Waals surface area (Å²) in [6, 6.07) is 0.254. The second-order valence-electron chi connectivity index (χ2n) is 7.10. The highest BCUT2D eigenvalue weighted by atomic mass is 16.5. The van der Waals surface area contributed by atoms with Crippen molar-refractivity contribution in [3.63, 3.8) is 0 Å². The van der Waals surface area contributed by atoms with E-state index in [1.807, 2.05) is 0 Å². The van der Waals surface area contributed by atoms with E-state index in [1.54, 1.807) is 0 Å². The molecule has 0 bridgehead atoms. The van der Waals surface area contributed by atoms with Gasteiger partial charge in [-0.05, 0) is 38.5 Å². The number of amides is 1. The summed E-state index contributed by atoms with van der Waals surface area (Å²) in [6.45, 7) is 0.0132. The molecular formula is C16H25NO3. The predicted molar refractivity (Wildman–Crippen MR) is 73.9 cm³/mol. The lowest BCUT2D eigenvalue weighted by Crippen LogP contribution is -2.78. The molecule has 2 aliphatic carbocycles. The first kappa shape index (κ1) is 13.1. The van der Waals surface area contributed by atoms with Crippen LogP contribution in [0, 0.1) is 11.8 Å². The van der Waals surface area contributed by atoms with Crippen LogP contribution in [0.3, 0.4) is 0 Å². The van der Waals surface area contributed by atoms with E-state index in [4.69, 9.17) is 4.74 Å². The molecule has 2 saturated heterocycles. The molecule has 4 aliphatic rings. The summed E-state index contributed by atoms with van der Waals surface area (Å²) in [4.78, 5) is 14.5. The highest BCUT2D eigenvalue weighted by molar-refractivity contribution is 5.87.